The van der Waals surface area contributed by atoms with Gasteiger partial charge in [0.25, 0.3) is 5.91 Å². The van der Waals surface area contributed by atoms with Crippen molar-refractivity contribution in [2.24, 2.45) is 0 Å². The Morgan fingerprint density at radius 3 is 2.50 bits per heavy atom. The van der Waals surface area contributed by atoms with Crippen molar-refractivity contribution in [1.29, 1.82) is 0 Å². The van der Waals surface area contributed by atoms with Crippen molar-refractivity contribution >= 4 is 29.3 Å². The second kappa shape index (κ2) is 5.97. The summed E-state index contributed by atoms with van der Waals surface area (Å²) in [5, 5.41) is 1.04. The van der Waals surface area contributed by atoms with Gasteiger partial charge in [-0.25, -0.2) is 15.2 Å². The lowest BCUT2D eigenvalue weighted by Crippen LogP contribution is -2.47. The number of methoxy groups -OCH3 is 1. The minimum atomic E-state index is -0.734. The lowest BCUT2D eigenvalue weighted by atomic mass is 10.3. The number of carbonyl (C=O) groups is 2. The van der Waals surface area contributed by atoms with Crippen LogP contribution < -0.4 is 10.4 Å². The highest BCUT2D eigenvalue weighted by atomic mass is 35.5. The lowest BCUT2D eigenvalue weighted by Gasteiger charge is -2.21. The Morgan fingerprint density at radius 2 is 2.00 bits per heavy atom. The molecule has 0 saturated carbocycles. The van der Waals surface area contributed by atoms with E-state index in [0.29, 0.717) is 5.69 Å². The number of benzene rings is 1. The smallest absolute Gasteiger partial charge is 0.426 e. The predicted octanol–water partition coefficient (Wildman–Crippen LogP) is 1.53. The van der Waals surface area contributed by atoms with E-state index in [9.17, 15) is 9.59 Å². The van der Waals surface area contributed by atoms with Gasteiger partial charge in [-0.1, -0.05) is 18.2 Å². The van der Waals surface area contributed by atoms with Crippen LogP contribution in [-0.2, 0) is 9.53 Å². The number of hydrogen-bond donors (Lipinski definition) is 1. The van der Waals surface area contributed by atoms with E-state index in [2.05, 4.69) is 10.2 Å². The molecule has 6 heteroatoms. The molecular formula is C10H11ClN2O3. The number of hydrogen-bond acceptors (Lipinski definition) is 3. The van der Waals surface area contributed by atoms with E-state index >= 15 is 0 Å². The summed E-state index contributed by atoms with van der Waals surface area (Å²) in [5.74, 6) is -0.683. The molecule has 0 saturated heterocycles. The first-order valence-electron chi connectivity index (χ1n) is 4.47. The minimum absolute atomic E-state index is 0.237. The molecule has 86 valence electrons. The number of amides is 2. The molecule has 0 aromatic heterocycles. The summed E-state index contributed by atoms with van der Waals surface area (Å²) >= 11 is 5.44. The maximum atomic E-state index is 11.5. The molecule has 2 amide bonds. The van der Waals surface area contributed by atoms with E-state index in [0.717, 1.165) is 5.01 Å². The molecule has 0 spiro atoms. The van der Waals surface area contributed by atoms with Crippen molar-refractivity contribution in [2.75, 3.05) is 18.0 Å². The molecule has 1 aromatic carbocycles. The number of halogens is 1. The van der Waals surface area contributed by atoms with Gasteiger partial charge in [-0.2, -0.15) is 0 Å². The van der Waals surface area contributed by atoms with Crippen LogP contribution in [0.1, 0.15) is 0 Å². The molecule has 5 nitrogen and oxygen atoms in total. The van der Waals surface area contributed by atoms with Crippen LogP contribution in [-0.4, -0.2) is 25.0 Å². The van der Waals surface area contributed by atoms with Gasteiger partial charge in [0.1, 0.15) is 5.88 Å². The quantitative estimate of drug-likeness (QED) is 0.632. The molecule has 0 radical (unpaired) electrons. The molecule has 0 atom stereocenters. The van der Waals surface area contributed by atoms with E-state index in [4.69, 9.17) is 11.6 Å². The Hall–Kier alpha value is -1.75. The summed E-state index contributed by atoms with van der Waals surface area (Å²) in [7, 11) is 1.21. The summed E-state index contributed by atoms with van der Waals surface area (Å²) in [6.45, 7) is 0. The Balaban J connectivity index is 2.88. The van der Waals surface area contributed by atoms with Crippen LogP contribution >= 0.6 is 11.6 Å². The Labute approximate surface area is 97.9 Å². The fourth-order valence-electron chi connectivity index (χ4n) is 1.04. The van der Waals surface area contributed by atoms with Crippen LogP contribution in [0.5, 0.6) is 0 Å². The first kappa shape index (κ1) is 12.3. The molecule has 0 aliphatic heterocycles. The highest BCUT2D eigenvalue weighted by Gasteiger charge is 2.17. The molecule has 1 rings (SSSR count). The van der Waals surface area contributed by atoms with Crippen LogP contribution in [0.4, 0.5) is 10.5 Å². The average molecular weight is 243 g/mol. The minimum Gasteiger partial charge on any atom is -0.452 e. The molecule has 0 aliphatic rings. The monoisotopic (exact) mass is 242 g/mol. The Morgan fingerprint density at radius 1 is 1.38 bits per heavy atom. The molecule has 0 bridgehead atoms. The Kier molecular flexibility index (Phi) is 4.60. The molecule has 1 aromatic rings. The third-order valence-corrected chi connectivity index (χ3v) is 2.00. The standard InChI is InChI=1S/C10H11ClN2O3/c1-16-10(15)12-13(9(14)7-11)8-5-3-2-4-6-8/h2-6H,7H2,1H3,(H,12,15). The highest BCUT2D eigenvalue weighted by molar-refractivity contribution is 6.29. The third-order valence-electron chi connectivity index (χ3n) is 1.77. The van der Waals surface area contributed by atoms with Crippen LogP contribution in [0.25, 0.3) is 0 Å². The van der Waals surface area contributed by atoms with Gasteiger partial charge >= 0.3 is 6.09 Å². The van der Waals surface area contributed by atoms with E-state index in [-0.39, 0.29) is 5.88 Å². The van der Waals surface area contributed by atoms with Crippen molar-refractivity contribution < 1.29 is 14.3 Å². The van der Waals surface area contributed by atoms with Gasteiger partial charge in [-0.15, -0.1) is 11.6 Å². The SMILES string of the molecule is COC(=O)NN(C(=O)CCl)c1ccccc1. The number of nitrogens with one attached hydrogen (secondary N) is 1. The molecule has 16 heavy (non-hydrogen) atoms. The summed E-state index contributed by atoms with van der Waals surface area (Å²) in [4.78, 5) is 22.5. The normalized spacial score (nSPS) is 9.38. The molecule has 0 aliphatic carbocycles. The number of carbonyl (C=O) groups excluding carboxylic acids is 2. The largest absolute Gasteiger partial charge is 0.452 e. The average Bonchev–Trinajstić information content (AvgIpc) is 2.35. The fraction of sp³-hybridized carbons (Fsp3) is 0.200. The predicted molar refractivity (Wildman–Crippen MR) is 60.2 cm³/mol. The molecular weight excluding hydrogens is 232 g/mol. The van der Waals surface area contributed by atoms with Crippen LogP contribution in [0.15, 0.2) is 30.3 Å². The molecule has 0 heterocycles. The van der Waals surface area contributed by atoms with E-state index in [1.807, 2.05) is 0 Å². The second-order valence-electron chi connectivity index (χ2n) is 2.80. The maximum Gasteiger partial charge on any atom is 0.426 e. The molecule has 0 fully saturated rings. The van der Waals surface area contributed by atoms with E-state index < -0.39 is 12.0 Å². The van der Waals surface area contributed by atoms with Gasteiger partial charge in [0.2, 0.25) is 0 Å². The highest BCUT2D eigenvalue weighted by Crippen LogP contribution is 2.11. The van der Waals surface area contributed by atoms with Crippen molar-refractivity contribution in [3.8, 4) is 0 Å². The number of anilines is 1. The second-order valence-corrected chi connectivity index (χ2v) is 3.07. The van der Waals surface area contributed by atoms with E-state index in [1.165, 1.54) is 7.11 Å². The zero-order valence-electron chi connectivity index (χ0n) is 8.64. The topological polar surface area (TPSA) is 58.6 Å². The van der Waals surface area contributed by atoms with Gasteiger partial charge < -0.3 is 4.74 Å². The van der Waals surface area contributed by atoms with Crippen LogP contribution in [0.3, 0.4) is 0 Å². The molecule has 1 N–H and O–H groups in total. The van der Waals surface area contributed by atoms with Gasteiger partial charge in [0.15, 0.2) is 0 Å². The maximum absolute atomic E-state index is 11.5. The van der Waals surface area contributed by atoms with Crippen molar-refractivity contribution in [3.63, 3.8) is 0 Å². The first-order chi connectivity index (χ1) is 7.69. The number of ether oxygens (including phenoxy) is 1. The number of nitrogens with zero attached hydrogens (tertiary/aromatic N) is 1. The number of para-hydroxylation sites is 1. The number of hydrazine groups is 1. The lowest BCUT2D eigenvalue weighted by molar-refractivity contribution is -0.116. The van der Waals surface area contributed by atoms with Gasteiger partial charge in [-0.05, 0) is 12.1 Å². The van der Waals surface area contributed by atoms with Crippen molar-refractivity contribution in [2.45, 2.75) is 0 Å². The fourth-order valence-corrected chi connectivity index (χ4v) is 1.16. The zero-order chi connectivity index (χ0) is 12.0. The number of rotatable bonds is 2. The van der Waals surface area contributed by atoms with E-state index in [1.54, 1.807) is 30.3 Å². The Bertz CT molecular complexity index is 370. The van der Waals surface area contributed by atoms with Gasteiger partial charge in [-0.3, -0.25) is 4.79 Å². The summed E-state index contributed by atoms with van der Waals surface area (Å²) in [6, 6.07) is 8.61. The summed E-state index contributed by atoms with van der Waals surface area (Å²) < 4.78 is 4.41. The third kappa shape index (κ3) is 3.13. The van der Waals surface area contributed by atoms with Gasteiger partial charge in [0, 0.05) is 0 Å². The first-order valence-corrected chi connectivity index (χ1v) is 5.01. The van der Waals surface area contributed by atoms with Crippen molar-refractivity contribution in [1.82, 2.24) is 5.43 Å². The molecule has 0 unspecified atom stereocenters. The zero-order valence-corrected chi connectivity index (χ0v) is 9.40. The summed E-state index contributed by atoms with van der Waals surface area (Å²) in [6.07, 6.45) is -0.734. The van der Waals surface area contributed by atoms with Crippen LogP contribution in [0.2, 0.25) is 0 Å². The summed E-state index contributed by atoms with van der Waals surface area (Å²) in [5.41, 5.74) is 2.78. The van der Waals surface area contributed by atoms with Gasteiger partial charge in [0.05, 0.1) is 12.8 Å². The van der Waals surface area contributed by atoms with Crippen molar-refractivity contribution in [3.05, 3.63) is 30.3 Å². The number of alkyl halides is 1. The van der Waals surface area contributed by atoms with Crippen LogP contribution in [0, 0.1) is 0 Å².